The van der Waals surface area contributed by atoms with Crippen molar-refractivity contribution in [2.75, 3.05) is 0 Å². The summed E-state index contributed by atoms with van der Waals surface area (Å²) < 4.78 is 2.56. The summed E-state index contributed by atoms with van der Waals surface area (Å²) in [7, 11) is 0. The van der Waals surface area contributed by atoms with Crippen molar-refractivity contribution in [2.24, 2.45) is 0 Å². The lowest BCUT2D eigenvalue weighted by Gasteiger charge is -1.93. The topological polar surface area (TPSA) is 55.1 Å². The molecule has 0 saturated heterocycles. The predicted octanol–water partition coefficient (Wildman–Crippen LogP) is 2.46. The average Bonchev–Trinajstić information content (AvgIpc) is 2.72. The molecule has 0 unspecified atom stereocenters. The van der Waals surface area contributed by atoms with Gasteiger partial charge in [0, 0.05) is 16.0 Å². The molecule has 2 aromatic rings. The number of thiophene rings is 1. The van der Waals surface area contributed by atoms with Gasteiger partial charge in [0.2, 0.25) is 0 Å². The number of hydrogen-bond donors (Lipinski definition) is 1. The number of carbonyl (C=O) groups is 1. The lowest BCUT2D eigenvalue weighted by atomic mass is 10.4. The smallest absolute Gasteiger partial charge is 0.323 e. The van der Waals surface area contributed by atoms with Gasteiger partial charge in [0.05, 0.1) is 16.9 Å². The second-order valence-corrected chi connectivity index (χ2v) is 4.78. The Morgan fingerprint density at radius 1 is 1.67 bits per heavy atom. The number of carboxylic acids is 1. The van der Waals surface area contributed by atoms with Crippen LogP contribution in [0.3, 0.4) is 0 Å². The Hall–Kier alpha value is -1.14. The van der Waals surface area contributed by atoms with Gasteiger partial charge in [0.25, 0.3) is 0 Å². The summed E-state index contributed by atoms with van der Waals surface area (Å²) in [5, 5.41) is 10.6. The van der Waals surface area contributed by atoms with Crippen LogP contribution in [0.5, 0.6) is 0 Å². The average molecular weight is 287 g/mol. The van der Waals surface area contributed by atoms with Crippen molar-refractivity contribution >= 4 is 33.2 Å². The molecular formula is C9H7BrN2O2S. The van der Waals surface area contributed by atoms with Crippen LogP contribution in [0, 0.1) is 0 Å². The molecule has 0 spiro atoms. The van der Waals surface area contributed by atoms with Crippen LogP contribution in [0.15, 0.2) is 28.4 Å². The highest BCUT2D eigenvalue weighted by Crippen LogP contribution is 2.28. The minimum atomic E-state index is -0.869. The quantitative estimate of drug-likeness (QED) is 0.943. The van der Waals surface area contributed by atoms with Gasteiger partial charge in [-0.25, -0.2) is 4.98 Å². The molecule has 0 aliphatic rings. The summed E-state index contributed by atoms with van der Waals surface area (Å²) in [6.07, 6.45) is 3.25. The number of carboxylic acid groups (broad SMARTS) is 1. The lowest BCUT2D eigenvalue weighted by Crippen LogP contribution is -2.06. The standard InChI is InChI=1S/C9H7BrN2O2S/c10-6-1-8(15-4-6)7-2-12(5-11-7)3-9(13)14/h1-2,4-5H,3H2,(H,13,14). The number of halogens is 1. The first-order valence-electron chi connectivity index (χ1n) is 4.13. The van der Waals surface area contributed by atoms with E-state index in [9.17, 15) is 4.79 Å². The molecule has 0 aliphatic heterocycles. The molecule has 6 heteroatoms. The van der Waals surface area contributed by atoms with Crippen LogP contribution >= 0.6 is 27.3 Å². The van der Waals surface area contributed by atoms with Crippen LogP contribution in [0.2, 0.25) is 0 Å². The van der Waals surface area contributed by atoms with Crippen LogP contribution in [-0.2, 0) is 11.3 Å². The van der Waals surface area contributed by atoms with Gasteiger partial charge in [-0.1, -0.05) is 0 Å². The van der Waals surface area contributed by atoms with Crippen LogP contribution in [-0.4, -0.2) is 20.6 Å². The Kier molecular flexibility index (Phi) is 2.88. The largest absolute Gasteiger partial charge is 0.480 e. The van der Waals surface area contributed by atoms with Gasteiger partial charge in [0.1, 0.15) is 6.54 Å². The van der Waals surface area contributed by atoms with Gasteiger partial charge in [0.15, 0.2) is 0 Å². The minimum Gasteiger partial charge on any atom is -0.480 e. The van der Waals surface area contributed by atoms with E-state index < -0.39 is 5.97 Å². The van der Waals surface area contributed by atoms with E-state index in [1.54, 1.807) is 22.1 Å². The molecule has 0 radical (unpaired) electrons. The van der Waals surface area contributed by atoms with Crippen molar-refractivity contribution in [3.05, 3.63) is 28.4 Å². The van der Waals surface area contributed by atoms with Gasteiger partial charge >= 0.3 is 5.97 Å². The third-order valence-electron chi connectivity index (χ3n) is 1.77. The highest BCUT2D eigenvalue weighted by atomic mass is 79.9. The highest BCUT2D eigenvalue weighted by molar-refractivity contribution is 9.10. The second-order valence-electron chi connectivity index (χ2n) is 2.95. The maximum Gasteiger partial charge on any atom is 0.323 e. The lowest BCUT2D eigenvalue weighted by molar-refractivity contribution is -0.137. The Labute approximate surface area is 98.3 Å². The molecule has 0 aliphatic carbocycles. The number of imidazole rings is 1. The maximum absolute atomic E-state index is 10.5. The molecule has 15 heavy (non-hydrogen) atoms. The Balaban J connectivity index is 2.23. The van der Waals surface area contributed by atoms with E-state index in [0.717, 1.165) is 15.0 Å². The fourth-order valence-corrected chi connectivity index (χ4v) is 2.57. The molecule has 2 heterocycles. The number of hydrogen-bond acceptors (Lipinski definition) is 3. The van der Waals surface area contributed by atoms with Crippen molar-refractivity contribution in [3.63, 3.8) is 0 Å². The molecule has 2 rings (SSSR count). The molecular weight excluding hydrogens is 280 g/mol. The second kappa shape index (κ2) is 4.16. The molecule has 78 valence electrons. The normalized spacial score (nSPS) is 10.5. The van der Waals surface area contributed by atoms with Crippen molar-refractivity contribution in [2.45, 2.75) is 6.54 Å². The first-order chi connectivity index (χ1) is 7.15. The van der Waals surface area contributed by atoms with E-state index in [2.05, 4.69) is 20.9 Å². The van der Waals surface area contributed by atoms with Crippen molar-refractivity contribution < 1.29 is 9.90 Å². The molecule has 1 N–H and O–H groups in total. The minimum absolute atomic E-state index is 0.0560. The fraction of sp³-hybridized carbons (Fsp3) is 0.111. The SMILES string of the molecule is O=C(O)Cn1cnc(-c2cc(Br)cs2)c1. The van der Waals surface area contributed by atoms with Gasteiger partial charge < -0.3 is 9.67 Å². The fourth-order valence-electron chi connectivity index (χ4n) is 1.18. The monoisotopic (exact) mass is 286 g/mol. The summed E-state index contributed by atoms with van der Waals surface area (Å²) in [4.78, 5) is 15.6. The molecule has 0 fully saturated rings. The number of nitrogens with zero attached hydrogens (tertiary/aromatic N) is 2. The van der Waals surface area contributed by atoms with Gasteiger partial charge in [-0.15, -0.1) is 11.3 Å². The van der Waals surface area contributed by atoms with E-state index >= 15 is 0 Å². The molecule has 0 atom stereocenters. The molecule has 0 bridgehead atoms. The van der Waals surface area contributed by atoms with E-state index in [1.807, 2.05) is 11.4 Å². The van der Waals surface area contributed by atoms with Crippen LogP contribution in [0.25, 0.3) is 10.6 Å². The first-order valence-corrected chi connectivity index (χ1v) is 5.80. The Morgan fingerprint density at radius 3 is 3.07 bits per heavy atom. The number of rotatable bonds is 3. The molecule has 2 aromatic heterocycles. The summed E-state index contributed by atoms with van der Waals surface area (Å²) in [5.41, 5.74) is 0.798. The van der Waals surface area contributed by atoms with Crippen LogP contribution in [0.4, 0.5) is 0 Å². The third kappa shape index (κ3) is 2.45. The van der Waals surface area contributed by atoms with Crippen LogP contribution in [0.1, 0.15) is 0 Å². The molecule has 4 nitrogen and oxygen atoms in total. The van der Waals surface area contributed by atoms with E-state index in [0.29, 0.717) is 0 Å². The number of aliphatic carboxylic acids is 1. The van der Waals surface area contributed by atoms with Crippen LogP contribution < -0.4 is 0 Å². The summed E-state index contributed by atoms with van der Waals surface area (Å²) in [6.45, 7) is -0.0560. The van der Waals surface area contributed by atoms with Crippen molar-refractivity contribution in [1.82, 2.24) is 9.55 Å². The van der Waals surface area contributed by atoms with Crippen molar-refractivity contribution in [1.29, 1.82) is 0 Å². The zero-order valence-corrected chi connectivity index (χ0v) is 9.96. The van der Waals surface area contributed by atoms with Gasteiger partial charge in [-0.2, -0.15) is 0 Å². The van der Waals surface area contributed by atoms with Gasteiger partial charge in [-0.3, -0.25) is 4.79 Å². The Morgan fingerprint density at radius 2 is 2.47 bits per heavy atom. The van der Waals surface area contributed by atoms with Crippen molar-refractivity contribution in [3.8, 4) is 10.6 Å². The molecule has 0 amide bonds. The first kappa shape index (κ1) is 10.4. The molecule has 0 saturated carbocycles. The summed E-state index contributed by atoms with van der Waals surface area (Å²) >= 11 is 4.92. The van der Waals surface area contributed by atoms with E-state index in [-0.39, 0.29) is 6.54 Å². The zero-order chi connectivity index (χ0) is 10.8. The summed E-state index contributed by atoms with van der Waals surface area (Å²) in [5.74, 6) is -0.869. The zero-order valence-electron chi connectivity index (χ0n) is 7.55. The summed E-state index contributed by atoms with van der Waals surface area (Å²) in [6, 6.07) is 1.96. The Bertz CT molecular complexity index is 492. The third-order valence-corrected chi connectivity index (χ3v) is 3.48. The number of aromatic nitrogens is 2. The van der Waals surface area contributed by atoms with Gasteiger partial charge in [-0.05, 0) is 22.0 Å². The maximum atomic E-state index is 10.5. The highest BCUT2D eigenvalue weighted by Gasteiger charge is 2.06. The van der Waals surface area contributed by atoms with E-state index in [1.165, 1.54) is 6.33 Å². The van der Waals surface area contributed by atoms with E-state index in [4.69, 9.17) is 5.11 Å². The predicted molar refractivity (Wildman–Crippen MR) is 60.9 cm³/mol. The molecule has 0 aromatic carbocycles.